The minimum Gasteiger partial charge on any atom is -0.393 e. The Bertz CT molecular complexity index is 641. The molecule has 0 saturated carbocycles. The maximum Gasteiger partial charge on any atom is 0.253 e. The van der Waals surface area contributed by atoms with E-state index in [0.717, 1.165) is 10.9 Å². The number of carbonyl (C=O) groups excluding carboxylic acids is 1. The fraction of sp³-hybridized carbons (Fsp3) is 0.375. The van der Waals surface area contributed by atoms with Crippen molar-refractivity contribution in [1.82, 2.24) is 9.88 Å². The molecule has 2 heterocycles. The van der Waals surface area contributed by atoms with Crippen LogP contribution in [0.25, 0.3) is 10.9 Å². The molecular weight excluding hydrogens is 252 g/mol. The molecule has 2 aromatic rings. The van der Waals surface area contributed by atoms with Gasteiger partial charge in [0.15, 0.2) is 0 Å². The average Bonchev–Trinajstić information content (AvgIpc) is 2.49. The summed E-state index contributed by atoms with van der Waals surface area (Å²) in [6.45, 7) is 3.22. The van der Waals surface area contributed by atoms with E-state index in [-0.39, 0.29) is 17.9 Å². The van der Waals surface area contributed by atoms with Crippen LogP contribution in [0.5, 0.6) is 0 Å². The fourth-order valence-corrected chi connectivity index (χ4v) is 2.71. The zero-order valence-corrected chi connectivity index (χ0v) is 11.5. The van der Waals surface area contributed by atoms with Crippen molar-refractivity contribution in [3.05, 3.63) is 42.1 Å². The van der Waals surface area contributed by atoms with E-state index in [0.29, 0.717) is 25.1 Å². The van der Waals surface area contributed by atoms with Crippen LogP contribution in [0.3, 0.4) is 0 Å². The lowest BCUT2D eigenvalue weighted by Crippen LogP contribution is -2.44. The summed E-state index contributed by atoms with van der Waals surface area (Å²) in [6, 6.07) is 9.43. The van der Waals surface area contributed by atoms with Gasteiger partial charge in [0.1, 0.15) is 0 Å². The van der Waals surface area contributed by atoms with Crippen LogP contribution in [0.4, 0.5) is 0 Å². The number of fused-ring (bicyclic) bond motifs is 1. The fourth-order valence-electron chi connectivity index (χ4n) is 2.71. The molecule has 1 fully saturated rings. The minimum absolute atomic E-state index is 0.0366. The molecule has 1 aliphatic heterocycles. The van der Waals surface area contributed by atoms with Gasteiger partial charge in [-0.2, -0.15) is 0 Å². The number of pyridine rings is 1. The highest BCUT2D eigenvalue weighted by atomic mass is 16.3. The van der Waals surface area contributed by atoms with Gasteiger partial charge in [-0.1, -0.05) is 13.0 Å². The minimum atomic E-state index is -0.292. The molecule has 20 heavy (non-hydrogen) atoms. The molecule has 1 aliphatic rings. The van der Waals surface area contributed by atoms with E-state index in [9.17, 15) is 9.90 Å². The number of benzene rings is 1. The summed E-state index contributed by atoms with van der Waals surface area (Å²) in [5.74, 6) is 0.171. The van der Waals surface area contributed by atoms with Crippen molar-refractivity contribution in [2.24, 2.45) is 5.92 Å². The van der Waals surface area contributed by atoms with Gasteiger partial charge < -0.3 is 10.0 Å². The van der Waals surface area contributed by atoms with E-state index in [1.165, 1.54) is 0 Å². The van der Waals surface area contributed by atoms with Gasteiger partial charge in [-0.25, -0.2) is 0 Å². The number of hydrogen-bond donors (Lipinski definition) is 1. The van der Waals surface area contributed by atoms with Crippen molar-refractivity contribution >= 4 is 16.8 Å². The molecule has 0 bridgehead atoms. The second kappa shape index (κ2) is 5.21. The number of aromatic nitrogens is 1. The first-order valence-corrected chi connectivity index (χ1v) is 6.97. The van der Waals surface area contributed by atoms with E-state index in [2.05, 4.69) is 4.98 Å². The molecule has 4 nitrogen and oxygen atoms in total. The molecule has 104 valence electrons. The van der Waals surface area contributed by atoms with Crippen molar-refractivity contribution in [2.45, 2.75) is 19.4 Å². The molecule has 3 rings (SSSR count). The van der Waals surface area contributed by atoms with Crippen molar-refractivity contribution in [1.29, 1.82) is 0 Å². The summed E-state index contributed by atoms with van der Waals surface area (Å²) >= 11 is 0. The quantitative estimate of drug-likeness (QED) is 0.863. The Morgan fingerprint density at radius 2 is 2.25 bits per heavy atom. The van der Waals surface area contributed by atoms with Crippen LogP contribution in [-0.2, 0) is 0 Å². The van der Waals surface area contributed by atoms with Crippen LogP contribution in [0.2, 0.25) is 0 Å². The number of nitrogens with zero attached hydrogens (tertiary/aromatic N) is 2. The Balaban J connectivity index is 1.85. The second-order valence-electron chi connectivity index (χ2n) is 5.50. The summed E-state index contributed by atoms with van der Waals surface area (Å²) in [5, 5.41) is 10.7. The van der Waals surface area contributed by atoms with Gasteiger partial charge in [-0.05, 0) is 36.6 Å². The summed E-state index contributed by atoms with van der Waals surface area (Å²) in [4.78, 5) is 18.6. The van der Waals surface area contributed by atoms with E-state index in [1.54, 1.807) is 6.20 Å². The van der Waals surface area contributed by atoms with Gasteiger partial charge in [0.05, 0.1) is 11.6 Å². The third-order valence-electron chi connectivity index (χ3n) is 4.00. The summed E-state index contributed by atoms with van der Waals surface area (Å²) < 4.78 is 0. The number of aliphatic hydroxyl groups excluding tert-OH is 1. The molecule has 2 atom stereocenters. The van der Waals surface area contributed by atoms with Crippen LogP contribution < -0.4 is 0 Å². The Kier molecular flexibility index (Phi) is 3.40. The van der Waals surface area contributed by atoms with Crippen molar-refractivity contribution in [3.8, 4) is 0 Å². The Morgan fingerprint density at radius 3 is 3.05 bits per heavy atom. The first kappa shape index (κ1) is 13.1. The summed E-state index contributed by atoms with van der Waals surface area (Å²) in [5.41, 5.74) is 1.58. The molecule has 0 spiro atoms. The van der Waals surface area contributed by atoms with Crippen LogP contribution in [0.1, 0.15) is 23.7 Å². The lowest BCUT2D eigenvalue weighted by Gasteiger charge is -2.34. The molecule has 2 unspecified atom stereocenters. The van der Waals surface area contributed by atoms with Gasteiger partial charge in [0.25, 0.3) is 5.91 Å². The van der Waals surface area contributed by atoms with Crippen LogP contribution >= 0.6 is 0 Å². The van der Waals surface area contributed by atoms with Gasteiger partial charge >= 0.3 is 0 Å². The number of amides is 1. The summed E-state index contributed by atoms with van der Waals surface area (Å²) in [6.07, 6.45) is 2.11. The lowest BCUT2D eigenvalue weighted by atomic mass is 9.96. The second-order valence-corrected chi connectivity index (χ2v) is 5.50. The monoisotopic (exact) mass is 270 g/mol. The van der Waals surface area contributed by atoms with Crippen LogP contribution in [0.15, 0.2) is 36.5 Å². The number of likely N-dealkylation sites (tertiary alicyclic amines) is 1. The largest absolute Gasteiger partial charge is 0.393 e. The third kappa shape index (κ3) is 2.39. The topological polar surface area (TPSA) is 53.4 Å². The lowest BCUT2D eigenvalue weighted by molar-refractivity contribution is 0.0297. The molecule has 1 N–H and O–H groups in total. The zero-order valence-electron chi connectivity index (χ0n) is 11.5. The smallest absolute Gasteiger partial charge is 0.253 e. The molecule has 1 aromatic heterocycles. The normalized spacial score (nSPS) is 23.0. The maximum absolute atomic E-state index is 12.5. The number of aliphatic hydroxyl groups is 1. The van der Waals surface area contributed by atoms with E-state index < -0.39 is 0 Å². The number of hydrogen-bond acceptors (Lipinski definition) is 3. The van der Waals surface area contributed by atoms with Crippen LogP contribution in [0, 0.1) is 5.92 Å². The molecule has 0 radical (unpaired) electrons. The SMILES string of the molecule is CC1CN(C(=O)c2ccc3ncccc3c2)CCC1O. The van der Waals surface area contributed by atoms with Crippen LogP contribution in [-0.4, -0.2) is 40.1 Å². The average molecular weight is 270 g/mol. The molecule has 1 amide bonds. The first-order chi connectivity index (χ1) is 9.65. The molecule has 1 aromatic carbocycles. The van der Waals surface area contributed by atoms with Gasteiger partial charge in [0, 0.05) is 30.2 Å². The highest BCUT2D eigenvalue weighted by Crippen LogP contribution is 2.20. The number of rotatable bonds is 1. The van der Waals surface area contributed by atoms with E-state index in [4.69, 9.17) is 0 Å². The van der Waals surface area contributed by atoms with Crippen molar-refractivity contribution in [2.75, 3.05) is 13.1 Å². The Morgan fingerprint density at radius 1 is 1.40 bits per heavy atom. The standard InChI is InChI=1S/C16H18N2O2/c1-11-10-18(8-6-15(11)19)16(20)13-4-5-14-12(9-13)3-2-7-17-14/h2-5,7,9,11,15,19H,6,8,10H2,1H3. The summed E-state index contributed by atoms with van der Waals surface area (Å²) in [7, 11) is 0. The Labute approximate surface area is 118 Å². The highest BCUT2D eigenvalue weighted by molar-refractivity contribution is 5.98. The predicted octanol–water partition coefficient (Wildman–Crippen LogP) is 2.08. The third-order valence-corrected chi connectivity index (χ3v) is 4.00. The van der Waals surface area contributed by atoms with Crippen molar-refractivity contribution < 1.29 is 9.90 Å². The first-order valence-electron chi connectivity index (χ1n) is 6.97. The molecule has 0 aliphatic carbocycles. The zero-order chi connectivity index (χ0) is 14.1. The van der Waals surface area contributed by atoms with Gasteiger partial charge in [0.2, 0.25) is 0 Å². The molecular formula is C16H18N2O2. The van der Waals surface area contributed by atoms with E-state index >= 15 is 0 Å². The molecule has 4 heteroatoms. The molecule has 1 saturated heterocycles. The number of carbonyl (C=O) groups is 1. The predicted molar refractivity (Wildman–Crippen MR) is 77.4 cm³/mol. The Hall–Kier alpha value is -1.94. The van der Waals surface area contributed by atoms with Crippen molar-refractivity contribution in [3.63, 3.8) is 0 Å². The van der Waals surface area contributed by atoms with Gasteiger partial charge in [-0.3, -0.25) is 9.78 Å². The number of piperidine rings is 1. The maximum atomic E-state index is 12.5. The van der Waals surface area contributed by atoms with Gasteiger partial charge in [-0.15, -0.1) is 0 Å². The highest BCUT2D eigenvalue weighted by Gasteiger charge is 2.27. The van der Waals surface area contributed by atoms with E-state index in [1.807, 2.05) is 42.2 Å².